The summed E-state index contributed by atoms with van der Waals surface area (Å²) in [5.41, 5.74) is 0. The SMILES string of the molecule is CNCCN(C)C(=O)NCCCC(=O)O. The van der Waals surface area contributed by atoms with E-state index in [4.69, 9.17) is 5.11 Å². The molecule has 0 aromatic carbocycles. The van der Waals surface area contributed by atoms with Gasteiger partial charge in [-0.1, -0.05) is 0 Å². The highest BCUT2D eigenvalue weighted by Gasteiger charge is 2.06. The highest BCUT2D eigenvalue weighted by Crippen LogP contribution is 1.88. The molecule has 6 heteroatoms. The Kier molecular flexibility index (Phi) is 7.35. The summed E-state index contributed by atoms with van der Waals surface area (Å²) < 4.78 is 0. The molecule has 6 nitrogen and oxygen atoms in total. The fraction of sp³-hybridized carbons (Fsp3) is 0.778. The van der Waals surface area contributed by atoms with E-state index < -0.39 is 5.97 Å². The van der Waals surface area contributed by atoms with Gasteiger partial charge in [0.25, 0.3) is 0 Å². The van der Waals surface area contributed by atoms with E-state index in [-0.39, 0.29) is 12.5 Å². The number of carboxylic acid groups (broad SMARTS) is 1. The Bertz CT molecular complexity index is 209. The van der Waals surface area contributed by atoms with E-state index in [1.807, 2.05) is 7.05 Å². The number of hydrogen-bond acceptors (Lipinski definition) is 3. The molecule has 0 saturated heterocycles. The van der Waals surface area contributed by atoms with Crippen molar-refractivity contribution in [2.45, 2.75) is 12.8 Å². The monoisotopic (exact) mass is 217 g/mol. The third kappa shape index (κ3) is 7.75. The summed E-state index contributed by atoms with van der Waals surface area (Å²) in [7, 11) is 3.52. The first-order chi connectivity index (χ1) is 7.07. The topological polar surface area (TPSA) is 81.7 Å². The molecule has 0 spiro atoms. The van der Waals surface area contributed by atoms with Gasteiger partial charge in [-0.15, -0.1) is 0 Å². The molecule has 0 aliphatic rings. The highest BCUT2D eigenvalue weighted by atomic mass is 16.4. The minimum atomic E-state index is -0.840. The molecule has 0 aromatic rings. The molecular weight excluding hydrogens is 198 g/mol. The van der Waals surface area contributed by atoms with Gasteiger partial charge in [0.05, 0.1) is 0 Å². The van der Waals surface area contributed by atoms with Crippen LogP contribution in [0.15, 0.2) is 0 Å². The molecule has 2 amide bonds. The molecule has 0 heterocycles. The zero-order valence-electron chi connectivity index (χ0n) is 9.25. The van der Waals surface area contributed by atoms with Gasteiger partial charge in [0.1, 0.15) is 0 Å². The second-order valence-corrected chi connectivity index (χ2v) is 3.25. The van der Waals surface area contributed by atoms with Crippen molar-refractivity contribution in [2.75, 3.05) is 33.7 Å². The van der Waals surface area contributed by atoms with Crippen LogP contribution in [0.1, 0.15) is 12.8 Å². The van der Waals surface area contributed by atoms with Crippen LogP contribution >= 0.6 is 0 Å². The van der Waals surface area contributed by atoms with Gasteiger partial charge in [-0.25, -0.2) is 4.79 Å². The van der Waals surface area contributed by atoms with Crippen molar-refractivity contribution in [3.05, 3.63) is 0 Å². The van der Waals surface area contributed by atoms with Crippen LogP contribution in [0.2, 0.25) is 0 Å². The van der Waals surface area contributed by atoms with E-state index in [2.05, 4.69) is 10.6 Å². The van der Waals surface area contributed by atoms with Crippen molar-refractivity contribution in [2.24, 2.45) is 0 Å². The van der Waals surface area contributed by atoms with E-state index in [0.717, 1.165) is 6.54 Å². The molecule has 0 aromatic heterocycles. The van der Waals surface area contributed by atoms with Crippen molar-refractivity contribution in [1.82, 2.24) is 15.5 Å². The largest absolute Gasteiger partial charge is 0.481 e. The standard InChI is InChI=1S/C9H19N3O3/c1-10-6-7-12(2)9(15)11-5-3-4-8(13)14/h10H,3-7H2,1-2H3,(H,11,15)(H,13,14). The molecule has 15 heavy (non-hydrogen) atoms. The predicted molar refractivity (Wildman–Crippen MR) is 56.8 cm³/mol. The molecule has 0 fully saturated rings. The zero-order chi connectivity index (χ0) is 11.7. The molecule has 0 unspecified atom stereocenters. The third-order valence-electron chi connectivity index (χ3n) is 1.89. The lowest BCUT2D eigenvalue weighted by atomic mass is 10.3. The summed E-state index contributed by atoms with van der Waals surface area (Å²) in [5.74, 6) is -0.840. The third-order valence-corrected chi connectivity index (χ3v) is 1.89. The first kappa shape index (κ1) is 13.7. The van der Waals surface area contributed by atoms with Gasteiger partial charge in [-0.3, -0.25) is 4.79 Å². The van der Waals surface area contributed by atoms with Gasteiger partial charge >= 0.3 is 12.0 Å². The van der Waals surface area contributed by atoms with E-state index >= 15 is 0 Å². The van der Waals surface area contributed by atoms with Crippen LogP contribution < -0.4 is 10.6 Å². The number of carboxylic acids is 1. The summed E-state index contributed by atoms with van der Waals surface area (Å²) in [6.45, 7) is 1.76. The maximum absolute atomic E-state index is 11.3. The first-order valence-electron chi connectivity index (χ1n) is 4.93. The second-order valence-electron chi connectivity index (χ2n) is 3.25. The number of rotatable bonds is 7. The Balaban J connectivity index is 3.51. The number of nitrogens with zero attached hydrogens (tertiary/aromatic N) is 1. The Morgan fingerprint density at radius 3 is 2.53 bits per heavy atom. The van der Waals surface area contributed by atoms with Gasteiger partial charge in [0, 0.05) is 33.1 Å². The fourth-order valence-corrected chi connectivity index (χ4v) is 0.951. The number of aliphatic carboxylic acids is 1. The number of amides is 2. The Morgan fingerprint density at radius 1 is 1.33 bits per heavy atom. The lowest BCUT2D eigenvalue weighted by molar-refractivity contribution is -0.137. The van der Waals surface area contributed by atoms with Crippen molar-refractivity contribution in [1.29, 1.82) is 0 Å². The van der Waals surface area contributed by atoms with Crippen LogP contribution in [0.5, 0.6) is 0 Å². The van der Waals surface area contributed by atoms with Gasteiger partial charge in [0.2, 0.25) is 0 Å². The van der Waals surface area contributed by atoms with E-state index in [9.17, 15) is 9.59 Å². The zero-order valence-corrected chi connectivity index (χ0v) is 9.25. The minimum Gasteiger partial charge on any atom is -0.481 e. The predicted octanol–water partition coefficient (Wildman–Crippen LogP) is -0.288. The van der Waals surface area contributed by atoms with Crippen molar-refractivity contribution >= 4 is 12.0 Å². The molecule has 3 N–H and O–H groups in total. The molecule has 0 saturated carbocycles. The molecule has 0 rings (SSSR count). The normalized spacial score (nSPS) is 9.73. The molecule has 0 atom stereocenters. The molecule has 0 bridgehead atoms. The number of likely N-dealkylation sites (N-methyl/N-ethyl adjacent to an activating group) is 2. The lowest BCUT2D eigenvalue weighted by Crippen LogP contribution is -2.40. The first-order valence-corrected chi connectivity index (χ1v) is 4.93. The van der Waals surface area contributed by atoms with Crippen LogP contribution in [-0.2, 0) is 4.79 Å². The van der Waals surface area contributed by atoms with Gasteiger partial charge in [0.15, 0.2) is 0 Å². The van der Waals surface area contributed by atoms with Gasteiger partial charge in [-0.2, -0.15) is 0 Å². The molecule has 0 radical (unpaired) electrons. The van der Waals surface area contributed by atoms with Crippen LogP contribution in [0.3, 0.4) is 0 Å². The second kappa shape index (κ2) is 8.05. The Morgan fingerprint density at radius 2 is 2.00 bits per heavy atom. The van der Waals surface area contributed by atoms with Crippen LogP contribution in [0, 0.1) is 0 Å². The van der Waals surface area contributed by atoms with Crippen molar-refractivity contribution in [3.63, 3.8) is 0 Å². The Hall–Kier alpha value is -1.30. The average Bonchev–Trinajstić information content (AvgIpc) is 2.20. The fourth-order valence-electron chi connectivity index (χ4n) is 0.951. The quantitative estimate of drug-likeness (QED) is 0.512. The number of carbonyl (C=O) groups excluding carboxylic acids is 1. The lowest BCUT2D eigenvalue weighted by Gasteiger charge is -2.17. The number of urea groups is 1. The van der Waals surface area contributed by atoms with Gasteiger partial charge in [-0.05, 0) is 13.5 Å². The summed E-state index contributed by atoms with van der Waals surface area (Å²) >= 11 is 0. The van der Waals surface area contributed by atoms with Crippen molar-refractivity contribution < 1.29 is 14.7 Å². The summed E-state index contributed by atoms with van der Waals surface area (Å²) in [4.78, 5) is 23.1. The van der Waals surface area contributed by atoms with E-state index in [1.165, 1.54) is 0 Å². The number of carbonyl (C=O) groups is 2. The van der Waals surface area contributed by atoms with E-state index in [1.54, 1.807) is 11.9 Å². The van der Waals surface area contributed by atoms with Crippen LogP contribution in [0.4, 0.5) is 4.79 Å². The number of hydrogen-bond donors (Lipinski definition) is 3. The maximum atomic E-state index is 11.3. The van der Waals surface area contributed by atoms with Crippen LogP contribution in [-0.4, -0.2) is 55.7 Å². The van der Waals surface area contributed by atoms with E-state index in [0.29, 0.717) is 19.5 Å². The van der Waals surface area contributed by atoms with Gasteiger partial charge < -0.3 is 20.6 Å². The summed E-state index contributed by atoms with van der Waals surface area (Å²) in [6, 6.07) is -0.171. The minimum absolute atomic E-state index is 0.0838. The smallest absolute Gasteiger partial charge is 0.317 e. The van der Waals surface area contributed by atoms with Crippen LogP contribution in [0.25, 0.3) is 0 Å². The maximum Gasteiger partial charge on any atom is 0.317 e. The molecule has 88 valence electrons. The molecular formula is C9H19N3O3. The number of nitrogens with one attached hydrogen (secondary N) is 2. The Labute approximate surface area is 89.6 Å². The van der Waals surface area contributed by atoms with Crippen molar-refractivity contribution in [3.8, 4) is 0 Å². The average molecular weight is 217 g/mol. The summed E-state index contributed by atoms with van der Waals surface area (Å²) in [6.07, 6.45) is 0.543. The molecule has 0 aliphatic heterocycles. The highest BCUT2D eigenvalue weighted by molar-refractivity contribution is 5.73. The molecule has 0 aliphatic carbocycles. The summed E-state index contributed by atoms with van der Waals surface area (Å²) in [5, 5.41) is 14.0.